The van der Waals surface area contributed by atoms with Crippen molar-refractivity contribution in [2.45, 2.75) is 44.6 Å². The number of rotatable bonds is 6. The number of carbonyl (C=O) groups excluding carboxylic acids is 1. The van der Waals surface area contributed by atoms with Crippen LogP contribution in [0.4, 0.5) is 0 Å². The molecule has 2 aliphatic rings. The lowest BCUT2D eigenvalue weighted by Crippen LogP contribution is -2.29. The zero-order chi connectivity index (χ0) is 25.1. The molecule has 0 spiro atoms. The molecule has 0 radical (unpaired) electrons. The molecule has 1 amide bonds. The van der Waals surface area contributed by atoms with Gasteiger partial charge in [-0.2, -0.15) is 5.10 Å². The standard InChI is InChI=1S/C29H30N4O3/c1-18(32-33-29(34)19-11-13-30-14-12-19)20-7-6-8-21(15-20)28-24-17-27(36-3)26(35-2)16-23(24)22-9-4-5-10-25(22)31-28/h6-8,11-17,22,25H,4-5,9-10H2,1-3H3,(H,33,34)/t22-,25-/m1/s1. The quantitative estimate of drug-likeness (QED) is 0.390. The molecule has 36 heavy (non-hydrogen) atoms. The molecule has 2 heterocycles. The van der Waals surface area contributed by atoms with Crippen LogP contribution in [0.5, 0.6) is 11.5 Å². The van der Waals surface area contributed by atoms with Gasteiger partial charge in [0, 0.05) is 35.0 Å². The van der Waals surface area contributed by atoms with Crippen molar-refractivity contribution < 1.29 is 14.3 Å². The van der Waals surface area contributed by atoms with Gasteiger partial charge in [-0.15, -0.1) is 0 Å². The number of ether oxygens (including phenoxy) is 2. The van der Waals surface area contributed by atoms with E-state index in [0.29, 0.717) is 22.9 Å². The maximum atomic E-state index is 12.4. The first-order chi connectivity index (χ1) is 17.6. The molecule has 7 heteroatoms. The van der Waals surface area contributed by atoms with Crippen molar-refractivity contribution in [2.75, 3.05) is 14.2 Å². The molecule has 1 saturated carbocycles. The van der Waals surface area contributed by atoms with Gasteiger partial charge in [0.15, 0.2) is 11.5 Å². The van der Waals surface area contributed by atoms with Crippen molar-refractivity contribution in [3.05, 3.63) is 88.7 Å². The van der Waals surface area contributed by atoms with E-state index in [9.17, 15) is 4.79 Å². The molecular formula is C29H30N4O3. The van der Waals surface area contributed by atoms with Crippen LogP contribution in [0.2, 0.25) is 0 Å². The molecule has 0 bridgehead atoms. The lowest BCUT2D eigenvalue weighted by Gasteiger charge is -2.35. The lowest BCUT2D eigenvalue weighted by atomic mass is 9.75. The Bertz CT molecular complexity index is 1330. The fourth-order valence-electron chi connectivity index (χ4n) is 5.16. The van der Waals surface area contributed by atoms with Crippen LogP contribution in [0, 0.1) is 0 Å². The van der Waals surface area contributed by atoms with Crippen molar-refractivity contribution in [3.8, 4) is 11.5 Å². The number of aromatic nitrogens is 1. The highest BCUT2D eigenvalue weighted by Gasteiger charge is 2.34. The minimum absolute atomic E-state index is 0.262. The van der Waals surface area contributed by atoms with Gasteiger partial charge < -0.3 is 9.47 Å². The number of hydrogen-bond donors (Lipinski definition) is 1. The van der Waals surface area contributed by atoms with E-state index in [-0.39, 0.29) is 11.9 Å². The maximum Gasteiger partial charge on any atom is 0.271 e. The van der Waals surface area contributed by atoms with Crippen LogP contribution in [0.1, 0.15) is 71.1 Å². The van der Waals surface area contributed by atoms with Crippen molar-refractivity contribution in [1.29, 1.82) is 0 Å². The summed E-state index contributed by atoms with van der Waals surface area (Å²) < 4.78 is 11.3. The van der Waals surface area contributed by atoms with Gasteiger partial charge in [0.25, 0.3) is 5.91 Å². The van der Waals surface area contributed by atoms with Crippen LogP contribution in [0.15, 0.2) is 71.0 Å². The van der Waals surface area contributed by atoms with Gasteiger partial charge in [-0.25, -0.2) is 5.43 Å². The summed E-state index contributed by atoms with van der Waals surface area (Å²) >= 11 is 0. The van der Waals surface area contributed by atoms with Crippen molar-refractivity contribution in [1.82, 2.24) is 10.4 Å². The third-order valence-electron chi connectivity index (χ3n) is 7.06. The summed E-state index contributed by atoms with van der Waals surface area (Å²) in [6.45, 7) is 1.88. The SMILES string of the molecule is COc1cc2c(cc1OC)[C@H]1CCCC[C@H]1N=C2c1cccc(C(C)=NNC(=O)c2ccncc2)c1. The highest BCUT2D eigenvalue weighted by atomic mass is 16.5. The third-order valence-corrected chi connectivity index (χ3v) is 7.06. The number of pyridine rings is 1. The van der Waals surface area contributed by atoms with E-state index in [1.54, 1.807) is 38.7 Å². The van der Waals surface area contributed by atoms with E-state index >= 15 is 0 Å². The number of hydrogen-bond acceptors (Lipinski definition) is 6. The van der Waals surface area contributed by atoms with Crippen LogP contribution < -0.4 is 14.9 Å². The number of hydrazone groups is 1. The third kappa shape index (κ3) is 4.61. The van der Waals surface area contributed by atoms with Gasteiger partial charge in [-0.3, -0.25) is 14.8 Å². The number of nitrogens with one attached hydrogen (secondary N) is 1. The van der Waals surface area contributed by atoms with E-state index in [1.807, 2.05) is 19.1 Å². The number of nitrogens with zero attached hydrogens (tertiary/aromatic N) is 3. The van der Waals surface area contributed by atoms with Crippen molar-refractivity contribution in [2.24, 2.45) is 10.1 Å². The van der Waals surface area contributed by atoms with E-state index in [2.05, 4.69) is 39.8 Å². The molecule has 1 aliphatic heterocycles. The normalized spacial score (nSPS) is 19.0. The predicted molar refractivity (Wildman–Crippen MR) is 141 cm³/mol. The number of methoxy groups -OCH3 is 2. The van der Waals surface area contributed by atoms with Gasteiger partial charge in [-0.1, -0.05) is 31.0 Å². The molecular weight excluding hydrogens is 452 g/mol. The molecule has 2 aromatic carbocycles. The van der Waals surface area contributed by atoms with Gasteiger partial charge in [-0.05, 0) is 61.2 Å². The molecule has 0 saturated heterocycles. The summed E-state index contributed by atoms with van der Waals surface area (Å²) in [6.07, 6.45) is 7.80. The average Bonchev–Trinajstić information content (AvgIpc) is 2.95. The smallest absolute Gasteiger partial charge is 0.271 e. The molecule has 1 aromatic heterocycles. The van der Waals surface area contributed by atoms with Crippen LogP contribution in [0.3, 0.4) is 0 Å². The second kappa shape index (κ2) is 10.3. The molecule has 3 aromatic rings. The topological polar surface area (TPSA) is 85.2 Å². The fourth-order valence-corrected chi connectivity index (χ4v) is 5.16. The van der Waals surface area contributed by atoms with Crippen LogP contribution in [-0.4, -0.2) is 42.6 Å². The van der Waals surface area contributed by atoms with E-state index in [0.717, 1.165) is 41.0 Å². The average molecular weight is 483 g/mol. The lowest BCUT2D eigenvalue weighted by molar-refractivity contribution is 0.0954. The first-order valence-corrected chi connectivity index (χ1v) is 12.3. The second-order valence-corrected chi connectivity index (χ2v) is 9.19. The fraction of sp³-hybridized carbons (Fsp3) is 0.310. The first kappa shape index (κ1) is 23.7. The van der Waals surface area contributed by atoms with Crippen molar-refractivity contribution in [3.63, 3.8) is 0 Å². The highest BCUT2D eigenvalue weighted by molar-refractivity contribution is 6.16. The van der Waals surface area contributed by atoms with Gasteiger partial charge in [0.1, 0.15) is 0 Å². The van der Waals surface area contributed by atoms with E-state index < -0.39 is 0 Å². The molecule has 5 rings (SSSR count). The number of amides is 1. The van der Waals surface area contributed by atoms with Crippen molar-refractivity contribution >= 4 is 17.3 Å². The Kier molecular flexibility index (Phi) is 6.80. The summed E-state index contributed by atoms with van der Waals surface area (Å²) in [5.74, 6) is 1.57. The summed E-state index contributed by atoms with van der Waals surface area (Å²) in [5.41, 5.74) is 9.12. The molecule has 0 unspecified atom stereocenters. The molecule has 7 nitrogen and oxygen atoms in total. The zero-order valence-electron chi connectivity index (χ0n) is 20.8. The minimum Gasteiger partial charge on any atom is -0.493 e. The summed E-state index contributed by atoms with van der Waals surface area (Å²) in [7, 11) is 3.34. The number of benzene rings is 2. The van der Waals surface area contributed by atoms with Crippen LogP contribution in [-0.2, 0) is 0 Å². The Balaban J connectivity index is 1.49. The van der Waals surface area contributed by atoms with Gasteiger partial charge in [0.2, 0.25) is 0 Å². The Morgan fingerprint density at radius 1 is 0.972 bits per heavy atom. The zero-order valence-corrected chi connectivity index (χ0v) is 20.8. The summed E-state index contributed by atoms with van der Waals surface area (Å²) in [4.78, 5) is 21.6. The Labute approximate surface area is 211 Å². The number of aliphatic imine (C=N–C) groups is 1. The van der Waals surface area contributed by atoms with E-state index in [1.165, 1.54) is 18.4 Å². The molecule has 1 N–H and O–H groups in total. The maximum absolute atomic E-state index is 12.4. The van der Waals surface area contributed by atoms with Gasteiger partial charge in [0.05, 0.1) is 31.7 Å². The summed E-state index contributed by atoms with van der Waals surface area (Å²) in [5, 5.41) is 4.34. The number of carbonyl (C=O) groups is 1. The van der Waals surface area contributed by atoms with Crippen LogP contribution in [0.25, 0.3) is 0 Å². The molecule has 2 atom stereocenters. The Hall–Kier alpha value is -4.00. The number of fused-ring (bicyclic) bond motifs is 3. The monoisotopic (exact) mass is 482 g/mol. The molecule has 184 valence electrons. The first-order valence-electron chi connectivity index (χ1n) is 12.3. The Morgan fingerprint density at radius 2 is 1.72 bits per heavy atom. The van der Waals surface area contributed by atoms with Gasteiger partial charge >= 0.3 is 0 Å². The molecule has 1 fully saturated rings. The predicted octanol–water partition coefficient (Wildman–Crippen LogP) is 5.13. The summed E-state index contributed by atoms with van der Waals surface area (Å²) in [6, 6.07) is 15.9. The van der Waals surface area contributed by atoms with E-state index in [4.69, 9.17) is 14.5 Å². The van der Waals surface area contributed by atoms with Crippen LogP contribution >= 0.6 is 0 Å². The minimum atomic E-state index is -0.275. The highest BCUT2D eigenvalue weighted by Crippen LogP contribution is 2.44. The largest absolute Gasteiger partial charge is 0.493 e. The Morgan fingerprint density at radius 3 is 2.50 bits per heavy atom. The molecule has 1 aliphatic carbocycles. The second-order valence-electron chi connectivity index (χ2n) is 9.19.